The van der Waals surface area contributed by atoms with Gasteiger partial charge in [-0.2, -0.15) is 13.2 Å². The monoisotopic (exact) mass is 623 g/mol. The fourth-order valence-electron chi connectivity index (χ4n) is 4.75. The standard InChI is InChI=1S/C26H32F3NO7S3/c1-17(2)39(34,35)20-9-10-22(23(16-20)38(5,32)33)24(31)30-13-11-18(12-14-30)25(3,4)40(36,37)21-8-6-7-19(15-21)26(27,28)29/h6-10,15-18H,11-14H2,1-5H3. The second kappa shape index (κ2) is 10.8. The number of rotatable bonds is 7. The minimum atomic E-state index is -4.70. The second-order valence-electron chi connectivity index (χ2n) is 10.7. The van der Waals surface area contributed by atoms with E-state index in [1.807, 2.05) is 0 Å². The van der Waals surface area contributed by atoms with Crippen molar-refractivity contribution in [2.24, 2.45) is 5.92 Å². The highest BCUT2D eigenvalue weighted by Crippen LogP contribution is 2.40. The lowest BCUT2D eigenvalue weighted by molar-refractivity contribution is -0.137. The van der Waals surface area contributed by atoms with E-state index >= 15 is 0 Å². The van der Waals surface area contributed by atoms with Gasteiger partial charge in [-0.25, -0.2) is 25.3 Å². The van der Waals surface area contributed by atoms with Gasteiger partial charge in [0.05, 0.1) is 35.8 Å². The molecule has 1 aliphatic heterocycles. The lowest BCUT2D eigenvalue weighted by atomic mass is 9.85. The molecule has 1 aliphatic rings. The molecule has 8 nitrogen and oxygen atoms in total. The highest BCUT2D eigenvalue weighted by Gasteiger charge is 2.45. The normalized spacial score (nSPS) is 16.4. The average Bonchev–Trinajstić information content (AvgIpc) is 2.86. The number of carbonyl (C=O) groups excluding carboxylic acids is 1. The van der Waals surface area contributed by atoms with Gasteiger partial charge in [0.25, 0.3) is 5.91 Å². The van der Waals surface area contributed by atoms with Gasteiger partial charge in [0.1, 0.15) is 0 Å². The van der Waals surface area contributed by atoms with Gasteiger partial charge < -0.3 is 4.90 Å². The highest BCUT2D eigenvalue weighted by atomic mass is 32.2. The van der Waals surface area contributed by atoms with Crippen molar-refractivity contribution < 1.29 is 43.2 Å². The van der Waals surface area contributed by atoms with Crippen LogP contribution in [0.1, 0.15) is 56.5 Å². The third-order valence-electron chi connectivity index (χ3n) is 7.46. The van der Waals surface area contributed by atoms with Gasteiger partial charge in [0.15, 0.2) is 29.5 Å². The molecule has 0 aromatic heterocycles. The van der Waals surface area contributed by atoms with Crippen LogP contribution in [0.25, 0.3) is 0 Å². The molecule has 3 rings (SSSR count). The molecule has 1 amide bonds. The van der Waals surface area contributed by atoms with Crippen molar-refractivity contribution in [3.8, 4) is 0 Å². The van der Waals surface area contributed by atoms with E-state index < -0.39 is 72.9 Å². The summed E-state index contributed by atoms with van der Waals surface area (Å²) in [5, 5.41) is -0.809. The number of piperidine rings is 1. The Labute approximate surface area is 233 Å². The summed E-state index contributed by atoms with van der Waals surface area (Å²) in [7, 11) is -12.0. The first-order chi connectivity index (χ1) is 18.1. The van der Waals surface area contributed by atoms with E-state index in [1.165, 1.54) is 44.7 Å². The van der Waals surface area contributed by atoms with Crippen LogP contribution in [-0.4, -0.2) is 65.4 Å². The van der Waals surface area contributed by atoms with Crippen LogP contribution in [-0.2, 0) is 35.7 Å². The third-order valence-corrected chi connectivity index (χ3v) is 13.3. The molecule has 0 N–H and O–H groups in total. The highest BCUT2D eigenvalue weighted by molar-refractivity contribution is 7.93. The number of hydrogen-bond donors (Lipinski definition) is 0. The molecule has 1 saturated heterocycles. The van der Waals surface area contributed by atoms with Crippen molar-refractivity contribution in [2.45, 2.75) is 71.4 Å². The summed E-state index contributed by atoms with van der Waals surface area (Å²) in [5.41, 5.74) is -1.27. The predicted octanol–water partition coefficient (Wildman–Crippen LogP) is 4.40. The number of benzene rings is 2. The van der Waals surface area contributed by atoms with E-state index in [-0.39, 0.29) is 36.4 Å². The maximum atomic E-state index is 13.4. The van der Waals surface area contributed by atoms with Gasteiger partial charge in [-0.05, 0) is 82.9 Å². The summed E-state index contributed by atoms with van der Waals surface area (Å²) in [4.78, 5) is 13.6. The zero-order chi connectivity index (χ0) is 30.5. The Morgan fingerprint density at radius 1 is 0.900 bits per heavy atom. The van der Waals surface area contributed by atoms with E-state index in [2.05, 4.69) is 0 Å². The summed E-state index contributed by atoms with van der Waals surface area (Å²) in [6.07, 6.45) is -3.43. The van der Waals surface area contributed by atoms with Gasteiger partial charge >= 0.3 is 6.18 Å². The SMILES string of the molecule is CC(C)S(=O)(=O)c1ccc(C(=O)N2CCC(C(C)(C)S(=O)(=O)c3cccc(C(F)(F)F)c3)CC2)c(S(C)(=O)=O)c1. The van der Waals surface area contributed by atoms with Crippen molar-refractivity contribution in [1.82, 2.24) is 4.90 Å². The number of likely N-dealkylation sites (tertiary alicyclic amines) is 1. The molecule has 0 spiro atoms. The van der Waals surface area contributed by atoms with E-state index in [4.69, 9.17) is 0 Å². The van der Waals surface area contributed by atoms with Crippen LogP contribution < -0.4 is 0 Å². The first-order valence-corrected chi connectivity index (χ1v) is 17.3. The smallest absolute Gasteiger partial charge is 0.339 e. The predicted molar refractivity (Wildman–Crippen MR) is 143 cm³/mol. The van der Waals surface area contributed by atoms with Gasteiger partial charge in [0.2, 0.25) is 0 Å². The number of amides is 1. The Bertz CT molecular complexity index is 1620. The largest absolute Gasteiger partial charge is 0.416 e. The van der Waals surface area contributed by atoms with Gasteiger partial charge in [-0.1, -0.05) is 6.07 Å². The summed E-state index contributed by atoms with van der Waals surface area (Å²) in [5.74, 6) is -1.16. The van der Waals surface area contributed by atoms with Crippen LogP contribution in [0.2, 0.25) is 0 Å². The van der Waals surface area contributed by atoms with Crippen molar-refractivity contribution in [1.29, 1.82) is 0 Å². The van der Waals surface area contributed by atoms with Crippen LogP contribution in [0.15, 0.2) is 57.2 Å². The van der Waals surface area contributed by atoms with Gasteiger partial charge in [-0.3, -0.25) is 4.79 Å². The molecular formula is C26H32F3NO7S3. The Hall–Kier alpha value is -2.45. The molecule has 0 aliphatic carbocycles. The van der Waals surface area contributed by atoms with Gasteiger partial charge in [-0.15, -0.1) is 0 Å². The second-order valence-corrected chi connectivity index (χ2v) is 17.7. The van der Waals surface area contributed by atoms with Crippen LogP contribution >= 0.6 is 0 Å². The molecule has 40 heavy (non-hydrogen) atoms. The minimum absolute atomic E-state index is 0.0697. The fourth-order valence-corrected chi connectivity index (χ4v) is 8.62. The molecule has 0 bridgehead atoms. The number of alkyl halides is 3. The minimum Gasteiger partial charge on any atom is -0.339 e. The topological polar surface area (TPSA) is 123 Å². The molecule has 2 aromatic carbocycles. The average molecular weight is 624 g/mol. The molecule has 1 heterocycles. The Morgan fingerprint density at radius 3 is 1.98 bits per heavy atom. The molecule has 14 heteroatoms. The number of nitrogens with zero attached hydrogens (tertiary/aromatic N) is 1. The number of hydrogen-bond acceptors (Lipinski definition) is 7. The van der Waals surface area contributed by atoms with E-state index in [0.717, 1.165) is 30.5 Å². The van der Waals surface area contributed by atoms with Crippen LogP contribution in [0.3, 0.4) is 0 Å². The molecule has 1 fully saturated rings. The summed E-state index contributed by atoms with van der Waals surface area (Å²) >= 11 is 0. The van der Waals surface area contributed by atoms with Crippen LogP contribution in [0, 0.1) is 5.92 Å². The molecule has 0 atom stereocenters. The Morgan fingerprint density at radius 2 is 1.48 bits per heavy atom. The first kappa shape index (κ1) is 32.1. The Kier molecular flexibility index (Phi) is 8.62. The van der Waals surface area contributed by atoms with Crippen molar-refractivity contribution in [3.05, 3.63) is 53.6 Å². The van der Waals surface area contributed by atoms with Crippen LogP contribution in [0.5, 0.6) is 0 Å². The lowest BCUT2D eigenvalue weighted by Crippen LogP contribution is -2.47. The summed E-state index contributed by atoms with van der Waals surface area (Å²) in [6.45, 7) is 5.93. The fraction of sp³-hybridized carbons (Fsp3) is 0.500. The molecule has 0 radical (unpaired) electrons. The molecular weight excluding hydrogens is 591 g/mol. The third kappa shape index (κ3) is 6.08. The lowest BCUT2D eigenvalue weighted by Gasteiger charge is -2.40. The zero-order valence-corrected chi connectivity index (χ0v) is 25.1. The molecule has 0 saturated carbocycles. The summed E-state index contributed by atoms with van der Waals surface area (Å²) in [6, 6.07) is 6.93. The quantitative estimate of drug-likeness (QED) is 0.448. The number of sulfone groups is 3. The first-order valence-electron chi connectivity index (χ1n) is 12.4. The zero-order valence-electron chi connectivity index (χ0n) is 22.7. The Balaban J connectivity index is 1.86. The summed E-state index contributed by atoms with van der Waals surface area (Å²) < 4.78 is 115. The van der Waals surface area contributed by atoms with E-state index in [9.17, 15) is 43.2 Å². The molecule has 2 aromatic rings. The molecule has 222 valence electrons. The van der Waals surface area contributed by atoms with E-state index in [0.29, 0.717) is 6.07 Å². The maximum Gasteiger partial charge on any atom is 0.416 e. The number of carbonyl (C=O) groups is 1. The van der Waals surface area contributed by atoms with Crippen molar-refractivity contribution in [3.63, 3.8) is 0 Å². The van der Waals surface area contributed by atoms with Gasteiger partial charge in [0, 0.05) is 19.3 Å². The van der Waals surface area contributed by atoms with Crippen molar-refractivity contribution >= 4 is 35.4 Å². The van der Waals surface area contributed by atoms with Crippen molar-refractivity contribution in [2.75, 3.05) is 19.3 Å². The van der Waals surface area contributed by atoms with E-state index in [1.54, 1.807) is 0 Å². The maximum absolute atomic E-state index is 13.4. The molecule has 0 unspecified atom stereocenters. The number of halogens is 3. The van der Waals surface area contributed by atoms with Crippen LogP contribution in [0.4, 0.5) is 13.2 Å².